The smallest absolute Gasteiger partial charge is 0.395 e. The molecule has 7 nitrogen and oxygen atoms in total. The topological polar surface area (TPSA) is 84.9 Å². The number of amides is 1. The number of halogens is 2. The van der Waals surface area contributed by atoms with Crippen LogP contribution in [0.5, 0.6) is 11.5 Å². The van der Waals surface area contributed by atoms with E-state index in [1.807, 2.05) is 0 Å². The van der Waals surface area contributed by atoms with Crippen LogP contribution >= 0.6 is 0 Å². The molecule has 2 unspecified atom stereocenters. The molecule has 0 aromatic heterocycles. The summed E-state index contributed by atoms with van der Waals surface area (Å²) in [4.78, 5) is 13.9. The molecule has 0 saturated carbocycles. The first kappa shape index (κ1) is 17.7. The van der Waals surface area contributed by atoms with E-state index in [-0.39, 0.29) is 35.0 Å². The van der Waals surface area contributed by atoms with Gasteiger partial charge in [-0.05, 0) is 25.5 Å². The number of carbonyl (C=O) groups is 1. The molecule has 2 aliphatic rings. The van der Waals surface area contributed by atoms with Gasteiger partial charge in [0.15, 0.2) is 21.3 Å². The Morgan fingerprint density at radius 3 is 2.68 bits per heavy atom. The van der Waals surface area contributed by atoms with Gasteiger partial charge in [0.05, 0.1) is 11.5 Å². The first-order chi connectivity index (χ1) is 11.6. The normalized spacial score (nSPS) is 23.9. The minimum Gasteiger partial charge on any atom is -0.395 e. The number of alkyl halides is 2. The van der Waals surface area contributed by atoms with Crippen LogP contribution in [0.15, 0.2) is 18.2 Å². The lowest BCUT2D eigenvalue weighted by Crippen LogP contribution is -2.45. The van der Waals surface area contributed by atoms with E-state index in [2.05, 4.69) is 14.8 Å². The van der Waals surface area contributed by atoms with Crippen LogP contribution in [-0.4, -0.2) is 56.2 Å². The highest BCUT2D eigenvalue weighted by Crippen LogP contribution is 2.42. The van der Waals surface area contributed by atoms with Crippen molar-refractivity contribution in [1.29, 1.82) is 0 Å². The van der Waals surface area contributed by atoms with Gasteiger partial charge in [-0.3, -0.25) is 4.79 Å². The molecule has 0 radical (unpaired) electrons. The van der Waals surface area contributed by atoms with Gasteiger partial charge in [-0.15, -0.1) is 8.78 Å². The zero-order valence-corrected chi connectivity index (χ0v) is 14.5. The fourth-order valence-electron chi connectivity index (χ4n) is 2.92. The molecule has 2 atom stereocenters. The number of nitrogens with one attached hydrogen (secondary N) is 1. The third-order valence-corrected chi connectivity index (χ3v) is 6.01. The summed E-state index contributed by atoms with van der Waals surface area (Å²) in [5.41, 5.74) is 0.411. The van der Waals surface area contributed by atoms with Gasteiger partial charge in [-0.1, -0.05) is 0 Å². The van der Waals surface area contributed by atoms with E-state index in [1.165, 1.54) is 23.1 Å². The molecule has 1 saturated heterocycles. The molecule has 0 spiro atoms. The van der Waals surface area contributed by atoms with Crippen LogP contribution < -0.4 is 14.8 Å². The van der Waals surface area contributed by atoms with Crippen molar-refractivity contribution in [2.24, 2.45) is 0 Å². The molecule has 1 aromatic carbocycles. The van der Waals surface area contributed by atoms with Crippen LogP contribution in [0.25, 0.3) is 0 Å². The molecule has 1 amide bonds. The Balaban J connectivity index is 1.64. The van der Waals surface area contributed by atoms with Gasteiger partial charge in [0.2, 0.25) is 5.91 Å². The maximum Gasteiger partial charge on any atom is 0.586 e. The molecule has 2 aliphatic heterocycles. The van der Waals surface area contributed by atoms with Crippen molar-refractivity contribution in [2.45, 2.75) is 31.7 Å². The van der Waals surface area contributed by atoms with Gasteiger partial charge in [0, 0.05) is 24.8 Å². The molecule has 25 heavy (non-hydrogen) atoms. The lowest BCUT2D eigenvalue weighted by atomic mass is 10.2. The summed E-state index contributed by atoms with van der Waals surface area (Å²) in [6.07, 6.45) is -3.28. The Bertz CT molecular complexity index is 799. The monoisotopic (exact) mass is 376 g/mol. The largest absolute Gasteiger partial charge is 0.586 e. The lowest BCUT2D eigenvalue weighted by Gasteiger charge is -2.27. The number of carbonyl (C=O) groups excluding carboxylic acids is 1. The second kappa shape index (κ2) is 6.01. The second-order valence-corrected chi connectivity index (χ2v) is 8.43. The van der Waals surface area contributed by atoms with Crippen LogP contribution in [0, 0.1) is 0 Å². The molecule has 138 valence electrons. The van der Waals surface area contributed by atoms with Gasteiger partial charge in [-0.2, -0.15) is 0 Å². The molecule has 10 heteroatoms. The van der Waals surface area contributed by atoms with Crippen molar-refractivity contribution >= 4 is 21.4 Å². The Hall–Kier alpha value is -2.10. The highest BCUT2D eigenvalue weighted by atomic mass is 32.2. The number of benzene rings is 1. The van der Waals surface area contributed by atoms with Gasteiger partial charge in [0.1, 0.15) is 6.04 Å². The van der Waals surface area contributed by atoms with E-state index in [0.717, 1.165) is 0 Å². The summed E-state index contributed by atoms with van der Waals surface area (Å²) in [6.45, 7) is 1.61. The van der Waals surface area contributed by atoms with Crippen molar-refractivity contribution in [1.82, 2.24) is 4.90 Å². The standard InChI is InChI=1S/C15H18F2N2O5S/c1-9(14(20)19(2)11-5-6-25(21,22)8-11)18-10-3-4-12-13(7-10)24-15(16,17)23-12/h3-4,7,9,11,18H,5-6,8H2,1-2H3. The summed E-state index contributed by atoms with van der Waals surface area (Å²) in [6, 6.07) is 3.11. The highest BCUT2D eigenvalue weighted by molar-refractivity contribution is 7.91. The predicted octanol–water partition coefficient (Wildman–Crippen LogP) is 1.45. The molecule has 2 heterocycles. The van der Waals surface area contributed by atoms with E-state index in [1.54, 1.807) is 14.0 Å². The fourth-order valence-corrected chi connectivity index (χ4v) is 4.69. The first-order valence-electron chi connectivity index (χ1n) is 7.70. The SMILES string of the molecule is CC(Nc1ccc2c(c1)OC(F)(F)O2)C(=O)N(C)C1CCS(=O)(=O)C1. The number of ether oxygens (including phenoxy) is 2. The van der Waals surface area contributed by atoms with E-state index >= 15 is 0 Å². The molecular weight excluding hydrogens is 358 g/mol. The first-order valence-corrected chi connectivity index (χ1v) is 9.52. The summed E-state index contributed by atoms with van der Waals surface area (Å²) in [5.74, 6) is -0.452. The second-order valence-electron chi connectivity index (χ2n) is 6.20. The summed E-state index contributed by atoms with van der Waals surface area (Å²) in [5, 5.41) is 2.90. The molecule has 0 bridgehead atoms. The number of anilines is 1. The van der Waals surface area contributed by atoms with Crippen LogP contribution in [0.2, 0.25) is 0 Å². The number of sulfone groups is 1. The van der Waals surface area contributed by atoms with E-state index in [9.17, 15) is 22.0 Å². The van der Waals surface area contributed by atoms with E-state index in [0.29, 0.717) is 12.1 Å². The zero-order chi connectivity index (χ0) is 18.4. The lowest BCUT2D eigenvalue weighted by molar-refractivity contribution is -0.286. The minimum absolute atomic E-state index is 0.0406. The summed E-state index contributed by atoms with van der Waals surface area (Å²) in [7, 11) is -1.53. The molecule has 1 fully saturated rings. The van der Waals surface area contributed by atoms with Gasteiger partial charge in [0.25, 0.3) is 0 Å². The van der Waals surface area contributed by atoms with Crippen LogP contribution in [0.3, 0.4) is 0 Å². The Kier molecular flexibility index (Phi) is 4.26. The van der Waals surface area contributed by atoms with Crippen molar-refractivity contribution in [2.75, 3.05) is 23.9 Å². The van der Waals surface area contributed by atoms with Gasteiger partial charge in [-0.25, -0.2) is 8.42 Å². The van der Waals surface area contributed by atoms with Crippen LogP contribution in [0.1, 0.15) is 13.3 Å². The highest BCUT2D eigenvalue weighted by Gasteiger charge is 2.43. The molecule has 1 aromatic rings. The molecule has 1 N–H and O–H groups in total. The van der Waals surface area contributed by atoms with Gasteiger partial charge >= 0.3 is 6.29 Å². The van der Waals surface area contributed by atoms with Crippen LogP contribution in [-0.2, 0) is 14.6 Å². The van der Waals surface area contributed by atoms with E-state index in [4.69, 9.17) is 0 Å². The summed E-state index contributed by atoms with van der Waals surface area (Å²) >= 11 is 0. The average molecular weight is 376 g/mol. The summed E-state index contributed by atoms with van der Waals surface area (Å²) < 4.78 is 57.8. The van der Waals surface area contributed by atoms with Crippen molar-refractivity contribution in [3.63, 3.8) is 0 Å². The maximum atomic E-state index is 13.0. The molecular formula is C15H18F2N2O5S. The maximum absolute atomic E-state index is 13.0. The molecule has 3 rings (SSSR count). The Labute approximate surface area is 143 Å². The number of nitrogens with zero attached hydrogens (tertiary/aromatic N) is 1. The third kappa shape index (κ3) is 3.78. The number of hydrogen-bond acceptors (Lipinski definition) is 6. The number of fused-ring (bicyclic) bond motifs is 1. The average Bonchev–Trinajstić information content (AvgIpc) is 3.02. The van der Waals surface area contributed by atoms with E-state index < -0.39 is 22.2 Å². The van der Waals surface area contributed by atoms with Crippen molar-refractivity contribution in [3.05, 3.63) is 18.2 Å². The zero-order valence-electron chi connectivity index (χ0n) is 13.7. The minimum atomic E-state index is -3.70. The Morgan fingerprint density at radius 1 is 1.36 bits per heavy atom. The predicted molar refractivity (Wildman–Crippen MR) is 85.6 cm³/mol. The fraction of sp³-hybridized carbons (Fsp3) is 0.533. The van der Waals surface area contributed by atoms with Crippen molar-refractivity contribution < 1.29 is 31.5 Å². The third-order valence-electron chi connectivity index (χ3n) is 4.26. The van der Waals surface area contributed by atoms with Crippen molar-refractivity contribution in [3.8, 4) is 11.5 Å². The Morgan fingerprint density at radius 2 is 2.04 bits per heavy atom. The number of likely N-dealkylation sites (N-methyl/N-ethyl adjacent to an activating group) is 1. The number of hydrogen-bond donors (Lipinski definition) is 1. The quantitative estimate of drug-likeness (QED) is 0.856. The van der Waals surface area contributed by atoms with Gasteiger partial charge < -0.3 is 19.7 Å². The van der Waals surface area contributed by atoms with Crippen LogP contribution in [0.4, 0.5) is 14.5 Å². The molecule has 0 aliphatic carbocycles. The number of rotatable bonds is 4.